The van der Waals surface area contributed by atoms with Crippen LogP contribution in [0, 0.1) is 5.92 Å². The van der Waals surface area contributed by atoms with E-state index in [1.165, 1.54) is 6.42 Å². The molecule has 0 spiro atoms. The number of benzene rings is 1. The van der Waals surface area contributed by atoms with Crippen LogP contribution in [0.3, 0.4) is 0 Å². The van der Waals surface area contributed by atoms with E-state index in [0.717, 1.165) is 50.5 Å². The third kappa shape index (κ3) is 4.63. The predicted octanol–water partition coefficient (Wildman–Crippen LogP) is 3.69. The van der Waals surface area contributed by atoms with Crippen molar-refractivity contribution in [2.75, 3.05) is 19.8 Å². The fourth-order valence-electron chi connectivity index (χ4n) is 4.58. The third-order valence-corrected chi connectivity index (χ3v) is 6.40. The summed E-state index contributed by atoms with van der Waals surface area (Å²) in [4.78, 5) is 27.6. The van der Waals surface area contributed by atoms with Gasteiger partial charge in [-0.3, -0.25) is 9.59 Å². The topological polar surface area (TPSA) is 67.9 Å². The number of hydrogen-bond acceptors (Lipinski definition) is 4. The monoisotopic (exact) mass is 420 g/mol. The number of carbonyl (C=O) groups is 2. The van der Waals surface area contributed by atoms with Crippen molar-refractivity contribution in [2.45, 2.75) is 64.0 Å². The summed E-state index contributed by atoms with van der Waals surface area (Å²) in [5, 5.41) is 3.48. The van der Waals surface area contributed by atoms with E-state index in [9.17, 15) is 9.59 Å². The largest absolute Gasteiger partial charge is 0.489 e. The third-order valence-electron chi connectivity index (χ3n) is 6.12. The van der Waals surface area contributed by atoms with Crippen LogP contribution in [0.1, 0.15) is 56.9 Å². The molecule has 0 aromatic heterocycles. The molecule has 2 amide bonds. The van der Waals surface area contributed by atoms with Crippen LogP contribution in [0.25, 0.3) is 0 Å². The quantitative estimate of drug-likeness (QED) is 0.806. The number of nitrogens with one attached hydrogen (secondary N) is 1. The summed E-state index contributed by atoms with van der Waals surface area (Å²) >= 11 is 6.34. The Labute approximate surface area is 176 Å². The Kier molecular flexibility index (Phi) is 6.48. The van der Waals surface area contributed by atoms with Crippen LogP contribution < -0.4 is 14.8 Å². The van der Waals surface area contributed by atoms with Crippen molar-refractivity contribution >= 4 is 23.4 Å². The van der Waals surface area contributed by atoms with Gasteiger partial charge in [-0.25, -0.2) is 0 Å². The SMILES string of the molecule is O=C(NCc1cc(Cl)c2c(c1)OCCCO2)C1CCCN1C(=O)C1CCCCC1. The Morgan fingerprint density at radius 3 is 2.66 bits per heavy atom. The van der Waals surface area contributed by atoms with Gasteiger partial charge in [0.2, 0.25) is 11.8 Å². The van der Waals surface area contributed by atoms with Gasteiger partial charge in [0.15, 0.2) is 11.5 Å². The van der Waals surface area contributed by atoms with Crippen molar-refractivity contribution in [1.29, 1.82) is 0 Å². The molecule has 2 fully saturated rings. The maximum Gasteiger partial charge on any atom is 0.243 e. The van der Waals surface area contributed by atoms with Crippen LogP contribution in [-0.2, 0) is 16.1 Å². The Morgan fingerprint density at radius 1 is 1.03 bits per heavy atom. The zero-order chi connectivity index (χ0) is 20.2. The number of ether oxygens (including phenoxy) is 2. The van der Waals surface area contributed by atoms with E-state index in [4.69, 9.17) is 21.1 Å². The molecule has 1 saturated carbocycles. The summed E-state index contributed by atoms with van der Waals surface area (Å²) in [6, 6.07) is 3.31. The van der Waals surface area contributed by atoms with Gasteiger partial charge in [0.25, 0.3) is 0 Å². The van der Waals surface area contributed by atoms with Crippen LogP contribution >= 0.6 is 11.6 Å². The molecular weight excluding hydrogens is 392 g/mol. The highest BCUT2D eigenvalue weighted by molar-refractivity contribution is 6.32. The average molecular weight is 421 g/mol. The highest BCUT2D eigenvalue weighted by Gasteiger charge is 2.37. The van der Waals surface area contributed by atoms with Crippen LogP contribution in [0.15, 0.2) is 12.1 Å². The number of hydrogen-bond donors (Lipinski definition) is 1. The highest BCUT2D eigenvalue weighted by atomic mass is 35.5. The predicted molar refractivity (Wildman–Crippen MR) is 110 cm³/mol. The first-order valence-electron chi connectivity index (χ1n) is 10.8. The van der Waals surface area contributed by atoms with Crippen molar-refractivity contribution in [3.8, 4) is 11.5 Å². The molecule has 7 heteroatoms. The lowest BCUT2D eigenvalue weighted by Gasteiger charge is -2.30. The number of rotatable bonds is 4. The first-order valence-corrected chi connectivity index (χ1v) is 11.2. The number of halogens is 1. The van der Waals surface area contributed by atoms with Gasteiger partial charge in [-0.2, -0.15) is 0 Å². The Morgan fingerprint density at radius 2 is 1.83 bits per heavy atom. The maximum atomic E-state index is 12.9. The second kappa shape index (κ2) is 9.24. The molecule has 0 radical (unpaired) electrons. The lowest BCUT2D eigenvalue weighted by Crippen LogP contribution is -2.47. The Balaban J connectivity index is 1.38. The lowest BCUT2D eigenvalue weighted by molar-refractivity contribution is -0.142. The molecule has 4 rings (SSSR count). The maximum absolute atomic E-state index is 12.9. The summed E-state index contributed by atoms with van der Waals surface area (Å²) in [6.07, 6.45) is 7.78. The van der Waals surface area contributed by atoms with Gasteiger partial charge in [-0.05, 0) is 43.4 Å². The second-order valence-corrected chi connectivity index (χ2v) is 8.60. The molecule has 3 aliphatic rings. The van der Waals surface area contributed by atoms with E-state index in [2.05, 4.69) is 5.32 Å². The molecule has 1 aliphatic carbocycles. The van der Waals surface area contributed by atoms with Gasteiger partial charge in [-0.1, -0.05) is 30.9 Å². The average Bonchev–Trinajstić information content (AvgIpc) is 3.11. The molecule has 1 saturated heterocycles. The minimum atomic E-state index is -0.361. The van der Waals surface area contributed by atoms with Gasteiger partial charge < -0.3 is 19.7 Å². The van der Waals surface area contributed by atoms with Crippen LogP contribution in [0.5, 0.6) is 11.5 Å². The van der Waals surface area contributed by atoms with Gasteiger partial charge in [0.1, 0.15) is 6.04 Å². The standard InChI is InChI=1S/C22H29ClN2O4/c23-17-12-15(13-19-20(17)29-11-5-10-28-19)14-24-21(26)18-8-4-9-25(18)22(27)16-6-2-1-3-7-16/h12-13,16,18H,1-11,14H2,(H,24,26). The van der Waals surface area contributed by atoms with Gasteiger partial charge >= 0.3 is 0 Å². The van der Waals surface area contributed by atoms with Crippen LogP contribution in [0.4, 0.5) is 0 Å². The van der Waals surface area contributed by atoms with E-state index >= 15 is 0 Å². The molecule has 1 N–H and O–H groups in total. The molecular formula is C22H29ClN2O4. The second-order valence-electron chi connectivity index (χ2n) is 8.20. The molecule has 2 heterocycles. The van der Waals surface area contributed by atoms with Gasteiger partial charge in [0, 0.05) is 25.4 Å². The minimum absolute atomic E-state index is 0.0881. The molecule has 1 aromatic rings. The van der Waals surface area contributed by atoms with Crippen molar-refractivity contribution < 1.29 is 19.1 Å². The molecule has 0 bridgehead atoms. The summed E-state index contributed by atoms with van der Waals surface area (Å²) in [5.74, 6) is 1.36. The molecule has 1 aromatic carbocycles. The summed E-state index contributed by atoms with van der Waals surface area (Å²) in [5.41, 5.74) is 0.857. The molecule has 6 nitrogen and oxygen atoms in total. The zero-order valence-electron chi connectivity index (χ0n) is 16.8. The number of likely N-dealkylation sites (tertiary alicyclic amines) is 1. The van der Waals surface area contributed by atoms with Crippen molar-refractivity contribution in [1.82, 2.24) is 10.2 Å². The van der Waals surface area contributed by atoms with Crippen LogP contribution in [0.2, 0.25) is 5.02 Å². The lowest BCUT2D eigenvalue weighted by atomic mass is 9.88. The normalized spacial score (nSPS) is 22.2. The van der Waals surface area contributed by atoms with E-state index in [1.807, 2.05) is 11.0 Å². The Bertz CT molecular complexity index is 763. The minimum Gasteiger partial charge on any atom is -0.489 e. The first-order chi connectivity index (χ1) is 14.1. The first kappa shape index (κ1) is 20.3. The molecule has 1 unspecified atom stereocenters. The number of amides is 2. The number of carbonyl (C=O) groups excluding carboxylic acids is 2. The van der Waals surface area contributed by atoms with Crippen molar-refractivity contribution in [3.05, 3.63) is 22.7 Å². The van der Waals surface area contributed by atoms with E-state index < -0.39 is 0 Å². The fourth-order valence-corrected chi connectivity index (χ4v) is 4.87. The molecule has 158 valence electrons. The Hall–Kier alpha value is -1.95. The fraction of sp³-hybridized carbons (Fsp3) is 0.636. The number of nitrogens with zero attached hydrogens (tertiary/aromatic N) is 1. The molecule has 2 aliphatic heterocycles. The van der Waals surface area contributed by atoms with E-state index in [-0.39, 0.29) is 23.8 Å². The zero-order valence-corrected chi connectivity index (χ0v) is 17.5. The summed E-state index contributed by atoms with van der Waals surface area (Å²) < 4.78 is 11.4. The number of fused-ring (bicyclic) bond motifs is 1. The van der Waals surface area contributed by atoms with Crippen molar-refractivity contribution in [3.63, 3.8) is 0 Å². The molecule has 1 atom stereocenters. The van der Waals surface area contributed by atoms with E-state index in [1.54, 1.807) is 6.07 Å². The van der Waals surface area contributed by atoms with Gasteiger partial charge in [0.05, 0.1) is 18.2 Å². The van der Waals surface area contributed by atoms with E-state index in [0.29, 0.717) is 42.8 Å². The van der Waals surface area contributed by atoms with Gasteiger partial charge in [-0.15, -0.1) is 0 Å². The van der Waals surface area contributed by atoms with Crippen LogP contribution in [-0.4, -0.2) is 42.5 Å². The van der Waals surface area contributed by atoms with Crippen molar-refractivity contribution in [2.24, 2.45) is 5.92 Å². The summed E-state index contributed by atoms with van der Waals surface area (Å²) in [7, 11) is 0. The smallest absolute Gasteiger partial charge is 0.243 e. The highest BCUT2D eigenvalue weighted by Crippen LogP contribution is 2.38. The summed E-state index contributed by atoms with van der Waals surface area (Å²) in [6.45, 7) is 2.19. The molecule has 29 heavy (non-hydrogen) atoms.